The largest absolute Gasteiger partial charge is 0.344 e. The van der Waals surface area contributed by atoms with Crippen LogP contribution >= 0.6 is 0 Å². The highest BCUT2D eigenvalue weighted by atomic mass is 15.2. The molecule has 0 radical (unpaired) electrons. The number of benzene rings is 8. The molecule has 254 valence electrons. The predicted octanol–water partition coefficient (Wildman–Crippen LogP) is 12.0. The minimum atomic E-state index is -0.327. The number of nitrogens with zero attached hydrogens (tertiary/aromatic N) is 3. The Hall–Kier alpha value is -7.17. The van der Waals surface area contributed by atoms with Gasteiger partial charge in [0.05, 0.1) is 5.52 Å². The van der Waals surface area contributed by atoms with E-state index in [1.54, 1.807) is 0 Å². The van der Waals surface area contributed by atoms with Crippen molar-refractivity contribution in [1.82, 2.24) is 10.3 Å². The summed E-state index contributed by atoms with van der Waals surface area (Å²) in [5.41, 5.74) is 11.0. The molecule has 1 aliphatic rings. The van der Waals surface area contributed by atoms with Crippen molar-refractivity contribution < 1.29 is 0 Å². The molecule has 2 heterocycles. The van der Waals surface area contributed by atoms with Gasteiger partial charge in [-0.1, -0.05) is 176 Å². The summed E-state index contributed by atoms with van der Waals surface area (Å²) >= 11 is 0. The first-order chi connectivity index (χ1) is 26.7. The van der Waals surface area contributed by atoms with Gasteiger partial charge < -0.3 is 5.32 Å². The van der Waals surface area contributed by atoms with Gasteiger partial charge >= 0.3 is 0 Å². The lowest BCUT2D eigenvalue weighted by Gasteiger charge is -2.24. The van der Waals surface area contributed by atoms with E-state index in [4.69, 9.17) is 9.98 Å². The van der Waals surface area contributed by atoms with Crippen LogP contribution in [0.1, 0.15) is 22.9 Å². The number of pyridine rings is 1. The Morgan fingerprint density at radius 3 is 1.57 bits per heavy atom. The van der Waals surface area contributed by atoms with Gasteiger partial charge in [0.2, 0.25) is 0 Å². The molecule has 0 spiro atoms. The minimum absolute atomic E-state index is 0.327. The molecule has 54 heavy (non-hydrogen) atoms. The fraction of sp³-hybridized carbons (Fsp3) is 0.0200. The van der Waals surface area contributed by atoms with E-state index in [2.05, 4.69) is 186 Å². The third kappa shape index (κ3) is 5.90. The molecule has 0 saturated heterocycles. The van der Waals surface area contributed by atoms with Gasteiger partial charge in [-0.15, -0.1) is 0 Å². The lowest BCUT2D eigenvalue weighted by atomic mass is 9.97. The first kappa shape index (κ1) is 31.6. The molecule has 0 aliphatic carbocycles. The van der Waals surface area contributed by atoms with Crippen LogP contribution in [0.5, 0.6) is 0 Å². The predicted molar refractivity (Wildman–Crippen MR) is 225 cm³/mol. The van der Waals surface area contributed by atoms with Crippen molar-refractivity contribution in [2.45, 2.75) is 6.17 Å². The average molecular weight is 691 g/mol. The third-order valence-electron chi connectivity index (χ3n) is 10.4. The standard InChI is InChI=1S/C50H34N4/c1-4-14-43-34(9-1)12-7-16-45(43)36-21-27-39(28-22-36)49-52-48(38-25-19-33(20-26-38)42-31-41-11-3-6-18-47(41)51-32-42)53-50(54-49)40-29-23-37(24-30-40)46-17-8-13-35-10-2-5-15-44(35)46/h1-32,48H,(H,52,53,54). The molecule has 1 N–H and O–H groups in total. The molecule has 1 unspecified atom stereocenters. The number of hydrogen-bond acceptors (Lipinski definition) is 4. The number of nitrogens with one attached hydrogen (secondary N) is 1. The summed E-state index contributed by atoms with van der Waals surface area (Å²) in [4.78, 5) is 15.0. The molecule has 10 rings (SSSR count). The van der Waals surface area contributed by atoms with E-state index >= 15 is 0 Å². The fourth-order valence-electron chi connectivity index (χ4n) is 7.54. The van der Waals surface area contributed by atoms with Crippen molar-refractivity contribution in [3.8, 4) is 33.4 Å². The molecule has 0 fully saturated rings. The van der Waals surface area contributed by atoms with E-state index in [0.717, 1.165) is 50.1 Å². The Morgan fingerprint density at radius 1 is 0.407 bits per heavy atom. The highest BCUT2D eigenvalue weighted by Gasteiger charge is 2.22. The number of aromatic nitrogens is 1. The van der Waals surface area contributed by atoms with E-state index in [0.29, 0.717) is 5.84 Å². The molecule has 9 aromatic rings. The summed E-state index contributed by atoms with van der Waals surface area (Å²) in [6, 6.07) is 66.3. The SMILES string of the molecule is c1ccc2ncc(-c3ccc(C4N=C(c5ccc(-c6cccc7ccccc67)cc5)N=C(c5ccc(-c6cccc7ccccc67)cc5)N4)cc3)cc2c1. The first-order valence-corrected chi connectivity index (χ1v) is 18.3. The first-order valence-electron chi connectivity index (χ1n) is 18.3. The maximum Gasteiger partial charge on any atom is 0.159 e. The zero-order chi connectivity index (χ0) is 35.8. The Morgan fingerprint density at radius 2 is 0.926 bits per heavy atom. The summed E-state index contributed by atoms with van der Waals surface area (Å²) in [5.74, 6) is 1.48. The summed E-state index contributed by atoms with van der Waals surface area (Å²) < 4.78 is 0. The number of aliphatic imine (C=N–C) groups is 2. The van der Waals surface area contributed by atoms with Gasteiger partial charge in [0, 0.05) is 28.3 Å². The van der Waals surface area contributed by atoms with Gasteiger partial charge in [0.15, 0.2) is 5.84 Å². The van der Waals surface area contributed by atoms with Crippen LogP contribution in [-0.4, -0.2) is 16.7 Å². The van der Waals surface area contributed by atoms with Gasteiger partial charge in [0.1, 0.15) is 12.0 Å². The van der Waals surface area contributed by atoms with Crippen molar-refractivity contribution in [2.75, 3.05) is 0 Å². The van der Waals surface area contributed by atoms with Crippen LogP contribution in [0, 0.1) is 0 Å². The number of amidine groups is 2. The zero-order valence-corrected chi connectivity index (χ0v) is 29.4. The van der Waals surface area contributed by atoms with Gasteiger partial charge in [-0.25, -0.2) is 9.98 Å². The Bertz CT molecular complexity index is 2880. The molecule has 0 bridgehead atoms. The van der Waals surface area contributed by atoms with Crippen molar-refractivity contribution in [3.63, 3.8) is 0 Å². The number of fused-ring (bicyclic) bond motifs is 3. The molecule has 8 aromatic carbocycles. The Labute approximate surface area is 313 Å². The van der Waals surface area contributed by atoms with Crippen LogP contribution in [0.4, 0.5) is 0 Å². The quantitative estimate of drug-likeness (QED) is 0.189. The smallest absolute Gasteiger partial charge is 0.159 e. The highest BCUT2D eigenvalue weighted by Crippen LogP contribution is 2.32. The second kappa shape index (κ2) is 13.4. The summed E-state index contributed by atoms with van der Waals surface area (Å²) in [5, 5.41) is 9.73. The number of para-hydroxylation sites is 1. The van der Waals surface area contributed by atoms with Crippen LogP contribution < -0.4 is 5.32 Å². The molecule has 1 aromatic heterocycles. The molecule has 4 nitrogen and oxygen atoms in total. The van der Waals surface area contributed by atoms with Crippen molar-refractivity contribution >= 4 is 44.1 Å². The van der Waals surface area contributed by atoms with Crippen LogP contribution in [-0.2, 0) is 0 Å². The average Bonchev–Trinajstić information content (AvgIpc) is 3.26. The third-order valence-corrected chi connectivity index (χ3v) is 10.4. The topological polar surface area (TPSA) is 49.6 Å². The summed E-state index contributed by atoms with van der Waals surface area (Å²) in [7, 11) is 0. The molecule has 0 saturated carbocycles. The minimum Gasteiger partial charge on any atom is -0.344 e. The lowest BCUT2D eigenvalue weighted by Crippen LogP contribution is -2.33. The van der Waals surface area contributed by atoms with Gasteiger partial charge in [-0.05, 0) is 67.1 Å². The van der Waals surface area contributed by atoms with Crippen LogP contribution in [0.3, 0.4) is 0 Å². The van der Waals surface area contributed by atoms with E-state index in [1.165, 1.54) is 38.2 Å². The molecule has 1 atom stereocenters. The maximum absolute atomic E-state index is 5.20. The number of rotatable bonds is 6. The van der Waals surface area contributed by atoms with Crippen LogP contribution in [0.25, 0.3) is 65.8 Å². The van der Waals surface area contributed by atoms with Crippen molar-refractivity contribution in [3.05, 3.63) is 211 Å². The zero-order valence-electron chi connectivity index (χ0n) is 29.4. The maximum atomic E-state index is 5.20. The molecule has 1 aliphatic heterocycles. The molecule has 4 heteroatoms. The normalized spacial score (nSPS) is 14.1. The second-order valence-electron chi connectivity index (χ2n) is 13.7. The molecule has 0 amide bonds. The van der Waals surface area contributed by atoms with Gasteiger partial charge in [-0.3, -0.25) is 4.98 Å². The Balaban J connectivity index is 1.01. The second-order valence-corrected chi connectivity index (χ2v) is 13.7. The van der Waals surface area contributed by atoms with Crippen molar-refractivity contribution in [2.24, 2.45) is 9.98 Å². The lowest BCUT2D eigenvalue weighted by molar-refractivity contribution is 0.674. The highest BCUT2D eigenvalue weighted by molar-refractivity contribution is 6.13. The van der Waals surface area contributed by atoms with Crippen molar-refractivity contribution in [1.29, 1.82) is 0 Å². The van der Waals surface area contributed by atoms with Gasteiger partial charge in [-0.2, -0.15) is 0 Å². The van der Waals surface area contributed by atoms with E-state index < -0.39 is 0 Å². The van der Waals surface area contributed by atoms with Gasteiger partial charge in [0.25, 0.3) is 0 Å². The van der Waals surface area contributed by atoms with Crippen LogP contribution in [0.2, 0.25) is 0 Å². The summed E-state index contributed by atoms with van der Waals surface area (Å²) in [6.07, 6.45) is 1.62. The fourth-order valence-corrected chi connectivity index (χ4v) is 7.54. The molecular weight excluding hydrogens is 657 g/mol. The summed E-state index contributed by atoms with van der Waals surface area (Å²) in [6.45, 7) is 0. The van der Waals surface area contributed by atoms with Crippen LogP contribution in [0.15, 0.2) is 204 Å². The monoisotopic (exact) mass is 690 g/mol. The van der Waals surface area contributed by atoms with E-state index in [1.807, 2.05) is 18.3 Å². The Kier molecular flexibility index (Phi) is 7.85. The van der Waals surface area contributed by atoms with E-state index in [-0.39, 0.29) is 6.17 Å². The van der Waals surface area contributed by atoms with E-state index in [9.17, 15) is 0 Å². The molecular formula is C50H34N4. The number of hydrogen-bond donors (Lipinski definition) is 1.